The highest BCUT2D eigenvalue weighted by atomic mass is 32.1. The van der Waals surface area contributed by atoms with Gasteiger partial charge in [-0.05, 0) is 6.42 Å². The smallest absolute Gasteiger partial charge is 0.296 e. The van der Waals surface area contributed by atoms with Crippen molar-refractivity contribution in [1.29, 1.82) is 0 Å². The van der Waals surface area contributed by atoms with Crippen molar-refractivity contribution in [2.45, 2.75) is 19.8 Å². The molecule has 0 aromatic carbocycles. The van der Waals surface area contributed by atoms with Crippen molar-refractivity contribution in [2.75, 3.05) is 5.32 Å². The molecular formula is C6H7F2N3OS. The number of amides is 1. The molecule has 0 aliphatic carbocycles. The Kier molecular flexibility index (Phi) is 3.24. The molecule has 0 saturated carbocycles. The first-order valence-corrected chi connectivity index (χ1v) is 4.36. The molecule has 4 nitrogen and oxygen atoms in total. The summed E-state index contributed by atoms with van der Waals surface area (Å²) < 4.78 is 23.5. The lowest BCUT2D eigenvalue weighted by Gasteiger charge is -1.96. The molecule has 7 heteroatoms. The molecule has 1 aromatic rings. The third kappa shape index (κ3) is 2.69. The Morgan fingerprint density at radius 1 is 1.62 bits per heavy atom. The summed E-state index contributed by atoms with van der Waals surface area (Å²) in [6.45, 7) is 1.86. The van der Waals surface area contributed by atoms with Crippen LogP contribution in [0, 0.1) is 0 Å². The Labute approximate surface area is 77.0 Å². The normalized spacial score (nSPS) is 10.5. The van der Waals surface area contributed by atoms with Gasteiger partial charge in [0.1, 0.15) is 5.01 Å². The molecule has 0 saturated heterocycles. The predicted molar refractivity (Wildman–Crippen MR) is 43.9 cm³/mol. The van der Waals surface area contributed by atoms with Gasteiger partial charge in [0.15, 0.2) is 0 Å². The highest BCUT2D eigenvalue weighted by Crippen LogP contribution is 2.15. The third-order valence-corrected chi connectivity index (χ3v) is 2.18. The number of nitrogens with zero attached hydrogens (tertiary/aromatic N) is 2. The van der Waals surface area contributed by atoms with Crippen LogP contribution in [0.15, 0.2) is 0 Å². The van der Waals surface area contributed by atoms with Gasteiger partial charge in [-0.2, -0.15) is 8.78 Å². The molecule has 1 heterocycles. The van der Waals surface area contributed by atoms with E-state index in [1.54, 1.807) is 0 Å². The number of alkyl halides is 2. The largest absolute Gasteiger partial charge is 0.315 e. The van der Waals surface area contributed by atoms with E-state index in [0.717, 1.165) is 11.3 Å². The molecular weight excluding hydrogens is 200 g/mol. The van der Waals surface area contributed by atoms with Gasteiger partial charge < -0.3 is 0 Å². The van der Waals surface area contributed by atoms with E-state index in [9.17, 15) is 13.6 Å². The number of nitrogens with one attached hydrogen (secondary N) is 1. The Morgan fingerprint density at radius 2 is 2.31 bits per heavy atom. The zero-order valence-electron chi connectivity index (χ0n) is 6.75. The number of hydrogen-bond donors (Lipinski definition) is 1. The minimum atomic E-state index is -3.02. The fraction of sp³-hybridized carbons (Fsp3) is 0.500. The van der Waals surface area contributed by atoms with E-state index in [1.165, 1.54) is 0 Å². The van der Waals surface area contributed by atoms with E-state index in [-0.39, 0.29) is 5.13 Å². The van der Waals surface area contributed by atoms with Crippen LogP contribution in [0.1, 0.15) is 11.9 Å². The second-order valence-electron chi connectivity index (χ2n) is 2.14. The van der Waals surface area contributed by atoms with Gasteiger partial charge in [0.25, 0.3) is 5.91 Å². The van der Waals surface area contributed by atoms with Crippen LogP contribution in [0.2, 0.25) is 0 Å². The van der Waals surface area contributed by atoms with E-state index >= 15 is 0 Å². The standard InChI is InChI=1S/C6H7F2N3OS/c1-2-3-10-11-6(13-3)9-5(12)4(7)8/h4H,2H2,1H3,(H,9,11,12). The lowest BCUT2D eigenvalue weighted by atomic mass is 10.5. The molecule has 72 valence electrons. The van der Waals surface area contributed by atoms with Crippen molar-refractivity contribution in [3.05, 3.63) is 5.01 Å². The minimum Gasteiger partial charge on any atom is -0.296 e. The number of carbonyl (C=O) groups excluding carboxylic acids is 1. The summed E-state index contributed by atoms with van der Waals surface area (Å²) in [5.74, 6) is -1.35. The van der Waals surface area contributed by atoms with Gasteiger partial charge in [-0.3, -0.25) is 10.1 Å². The number of hydrogen-bond acceptors (Lipinski definition) is 4. The van der Waals surface area contributed by atoms with Crippen LogP contribution in [0.3, 0.4) is 0 Å². The van der Waals surface area contributed by atoms with E-state index in [0.29, 0.717) is 11.4 Å². The molecule has 0 unspecified atom stereocenters. The van der Waals surface area contributed by atoms with Crippen molar-refractivity contribution < 1.29 is 13.6 Å². The lowest BCUT2D eigenvalue weighted by molar-refractivity contribution is -0.126. The minimum absolute atomic E-state index is 0.113. The first-order valence-electron chi connectivity index (χ1n) is 3.55. The molecule has 13 heavy (non-hydrogen) atoms. The highest BCUT2D eigenvalue weighted by molar-refractivity contribution is 7.15. The maximum Gasteiger partial charge on any atom is 0.315 e. The molecule has 0 aliphatic heterocycles. The second-order valence-corrected chi connectivity index (χ2v) is 3.21. The summed E-state index contributed by atoms with van der Waals surface area (Å²) in [6, 6.07) is 0. The van der Waals surface area contributed by atoms with Gasteiger partial charge >= 0.3 is 6.43 Å². The molecule has 0 aliphatic rings. The fourth-order valence-electron chi connectivity index (χ4n) is 0.607. The average molecular weight is 207 g/mol. The van der Waals surface area contributed by atoms with Crippen molar-refractivity contribution in [2.24, 2.45) is 0 Å². The fourth-order valence-corrected chi connectivity index (χ4v) is 1.29. The lowest BCUT2D eigenvalue weighted by Crippen LogP contribution is -2.19. The van der Waals surface area contributed by atoms with Crippen molar-refractivity contribution in [3.8, 4) is 0 Å². The molecule has 1 aromatic heterocycles. The maximum atomic E-state index is 11.7. The Hall–Kier alpha value is -1.11. The number of halogens is 2. The SMILES string of the molecule is CCc1nnc(NC(=O)C(F)F)s1. The molecule has 1 N–H and O–H groups in total. The van der Waals surface area contributed by atoms with Crippen LogP contribution in [-0.2, 0) is 11.2 Å². The van der Waals surface area contributed by atoms with Gasteiger partial charge in [-0.1, -0.05) is 18.3 Å². The second kappa shape index (κ2) is 4.22. The first kappa shape index (κ1) is 9.97. The molecule has 1 rings (SSSR count). The van der Waals surface area contributed by atoms with Crippen LogP contribution < -0.4 is 5.32 Å². The predicted octanol–water partition coefficient (Wildman–Crippen LogP) is 1.30. The first-order chi connectivity index (χ1) is 6.13. The zero-order chi connectivity index (χ0) is 9.84. The number of aromatic nitrogens is 2. The average Bonchev–Trinajstić information content (AvgIpc) is 2.52. The van der Waals surface area contributed by atoms with E-state index in [4.69, 9.17) is 0 Å². The summed E-state index contributed by atoms with van der Waals surface area (Å²) in [6.07, 6.45) is -2.35. The molecule has 1 amide bonds. The number of rotatable bonds is 3. The molecule has 0 spiro atoms. The summed E-state index contributed by atoms with van der Waals surface area (Å²) in [4.78, 5) is 10.5. The Balaban J connectivity index is 2.59. The summed E-state index contributed by atoms with van der Waals surface area (Å²) in [5.41, 5.74) is 0. The van der Waals surface area contributed by atoms with Gasteiger partial charge in [-0.15, -0.1) is 10.2 Å². The zero-order valence-corrected chi connectivity index (χ0v) is 7.57. The third-order valence-electron chi connectivity index (χ3n) is 1.20. The van der Waals surface area contributed by atoms with Crippen LogP contribution in [-0.4, -0.2) is 22.5 Å². The summed E-state index contributed by atoms with van der Waals surface area (Å²) in [7, 11) is 0. The molecule has 0 atom stereocenters. The maximum absolute atomic E-state index is 11.7. The Bertz CT molecular complexity index is 302. The van der Waals surface area contributed by atoms with Crippen LogP contribution in [0.25, 0.3) is 0 Å². The van der Waals surface area contributed by atoms with Gasteiger partial charge in [0, 0.05) is 0 Å². The van der Waals surface area contributed by atoms with Gasteiger partial charge in [0.2, 0.25) is 5.13 Å². The van der Waals surface area contributed by atoms with Crippen LogP contribution in [0.5, 0.6) is 0 Å². The topological polar surface area (TPSA) is 54.9 Å². The number of carbonyl (C=O) groups is 1. The van der Waals surface area contributed by atoms with Gasteiger partial charge in [0.05, 0.1) is 0 Å². The van der Waals surface area contributed by atoms with E-state index < -0.39 is 12.3 Å². The monoisotopic (exact) mass is 207 g/mol. The quantitative estimate of drug-likeness (QED) is 0.812. The van der Waals surface area contributed by atoms with Crippen LogP contribution in [0.4, 0.5) is 13.9 Å². The number of anilines is 1. The van der Waals surface area contributed by atoms with Crippen molar-refractivity contribution in [1.82, 2.24) is 10.2 Å². The van der Waals surface area contributed by atoms with E-state index in [1.807, 2.05) is 12.2 Å². The summed E-state index contributed by atoms with van der Waals surface area (Å²) in [5, 5.41) is 9.93. The van der Waals surface area contributed by atoms with E-state index in [2.05, 4.69) is 10.2 Å². The summed E-state index contributed by atoms with van der Waals surface area (Å²) >= 11 is 1.09. The Morgan fingerprint density at radius 3 is 2.77 bits per heavy atom. The number of aryl methyl sites for hydroxylation is 1. The van der Waals surface area contributed by atoms with Crippen LogP contribution >= 0.6 is 11.3 Å². The molecule has 0 radical (unpaired) electrons. The van der Waals surface area contributed by atoms with Crippen molar-refractivity contribution >= 4 is 22.4 Å². The van der Waals surface area contributed by atoms with Crippen molar-refractivity contribution in [3.63, 3.8) is 0 Å². The molecule has 0 fully saturated rings. The highest BCUT2D eigenvalue weighted by Gasteiger charge is 2.16. The van der Waals surface area contributed by atoms with Gasteiger partial charge in [-0.25, -0.2) is 0 Å². The molecule has 0 bridgehead atoms.